The molecule has 1 aromatic carbocycles. The lowest BCUT2D eigenvalue weighted by Gasteiger charge is -2.56. The predicted octanol–water partition coefficient (Wildman–Crippen LogP) is 4.62. The Morgan fingerprint density at radius 3 is 2.32 bits per heavy atom. The monoisotopic (exact) mass is 416 g/mol. The number of hydrogen-bond acceptors (Lipinski definition) is 3. The summed E-state index contributed by atoms with van der Waals surface area (Å²) in [6, 6.07) is 7.68. The van der Waals surface area contributed by atoms with Gasteiger partial charge in [-0.25, -0.2) is 0 Å². The first kappa shape index (κ1) is 18.4. The maximum absolute atomic E-state index is 12.5. The molecule has 2 aromatic rings. The molecule has 2 N–H and O–H groups in total. The Balaban J connectivity index is 1.16. The van der Waals surface area contributed by atoms with E-state index in [1.165, 1.54) is 49.9 Å². The minimum Gasteiger partial charge on any atom is -0.354 e. The average Bonchev–Trinajstić information content (AvgIpc) is 3.01. The first-order chi connectivity index (χ1) is 13.5. The molecule has 4 nitrogen and oxygen atoms in total. The molecule has 4 aliphatic carbocycles. The number of hydrogen-bond donors (Lipinski definition) is 2. The molecule has 0 aliphatic heterocycles. The van der Waals surface area contributed by atoms with Crippen LogP contribution in [0.3, 0.4) is 0 Å². The second-order valence-corrected chi connectivity index (χ2v) is 10.5. The van der Waals surface area contributed by atoms with Gasteiger partial charge in [0.15, 0.2) is 0 Å². The Morgan fingerprint density at radius 1 is 1.04 bits per heavy atom. The SMILES string of the molecule is O=C(CNC(=O)c1sc2ccccc2c1Cl)NCC12CC3CC(CC(C3)C1)C2. The topological polar surface area (TPSA) is 58.2 Å². The van der Waals surface area contributed by atoms with Gasteiger partial charge in [0, 0.05) is 16.6 Å². The molecule has 4 aliphatic rings. The molecule has 2 amide bonds. The molecule has 6 heteroatoms. The third kappa shape index (κ3) is 3.33. The van der Waals surface area contributed by atoms with Gasteiger partial charge in [0.2, 0.25) is 5.91 Å². The summed E-state index contributed by atoms with van der Waals surface area (Å²) in [7, 11) is 0. The molecule has 1 heterocycles. The van der Waals surface area contributed by atoms with Gasteiger partial charge in [-0.3, -0.25) is 9.59 Å². The second-order valence-electron chi connectivity index (χ2n) is 9.12. The normalized spacial score (nSPS) is 30.5. The number of thiophene rings is 1. The van der Waals surface area contributed by atoms with Crippen molar-refractivity contribution in [3.05, 3.63) is 34.2 Å². The predicted molar refractivity (Wildman–Crippen MR) is 113 cm³/mol. The highest BCUT2D eigenvalue weighted by Crippen LogP contribution is 2.59. The van der Waals surface area contributed by atoms with Crippen molar-refractivity contribution < 1.29 is 9.59 Å². The fraction of sp³-hybridized carbons (Fsp3) is 0.545. The van der Waals surface area contributed by atoms with Gasteiger partial charge in [0.05, 0.1) is 11.6 Å². The van der Waals surface area contributed by atoms with Crippen molar-refractivity contribution in [2.24, 2.45) is 23.2 Å². The van der Waals surface area contributed by atoms with Gasteiger partial charge in [-0.1, -0.05) is 29.8 Å². The number of fused-ring (bicyclic) bond motifs is 1. The van der Waals surface area contributed by atoms with E-state index in [0.717, 1.165) is 34.4 Å². The zero-order chi connectivity index (χ0) is 19.3. The van der Waals surface area contributed by atoms with Gasteiger partial charge in [0.1, 0.15) is 4.88 Å². The molecule has 0 spiro atoms. The molecule has 0 saturated heterocycles. The van der Waals surface area contributed by atoms with Crippen LogP contribution < -0.4 is 10.6 Å². The van der Waals surface area contributed by atoms with Crippen molar-refractivity contribution in [3.63, 3.8) is 0 Å². The van der Waals surface area contributed by atoms with Gasteiger partial charge in [-0.05, 0) is 67.8 Å². The summed E-state index contributed by atoms with van der Waals surface area (Å²) in [5.41, 5.74) is 0.309. The highest BCUT2D eigenvalue weighted by molar-refractivity contribution is 7.21. The number of rotatable bonds is 5. The zero-order valence-electron chi connectivity index (χ0n) is 15.8. The van der Waals surface area contributed by atoms with Crippen LogP contribution in [0, 0.1) is 23.2 Å². The number of carbonyl (C=O) groups excluding carboxylic acids is 2. The fourth-order valence-electron chi connectivity index (χ4n) is 6.26. The molecular formula is C22H25ClN2O2S. The van der Waals surface area contributed by atoms with E-state index in [0.29, 0.717) is 15.3 Å². The fourth-order valence-corrected chi connectivity index (χ4v) is 7.69. The highest BCUT2D eigenvalue weighted by atomic mass is 35.5. The lowest BCUT2D eigenvalue weighted by Crippen LogP contribution is -2.52. The van der Waals surface area contributed by atoms with Crippen LogP contribution in [0.1, 0.15) is 48.2 Å². The van der Waals surface area contributed by atoms with E-state index < -0.39 is 0 Å². The standard InChI is InChI=1S/C22H25ClN2O2S/c23-19-16-3-1-2-4-17(16)28-20(19)21(27)24-11-18(26)25-12-22-8-13-5-14(9-22)7-15(6-13)10-22/h1-4,13-15H,5-12H2,(H,24,27)(H,25,26). The molecular weight excluding hydrogens is 392 g/mol. The molecule has 0 radical (unpaired) electrons. The van der Waals surface area contributed by atoms with Crippen molar-refractivity contribution in [2.45, 2.75) is 38.5 Å². The third-order valence-electron chi connectivity index (χ3n) is 6.98. The van der Waals surface area contributed by atoms with E-state index in [9.17, 15) is 9.59 Å². The summed E-state index contributed by atoms with van der Waals surface area (Å²) < 4.78 is 0.976. The van der Waals surface area contributed by atoms with Crippen LogP contribution in [0.25, 0.3) is 10.1 Å². The molecule has 148 valence electrons. The molecule has 1 aromatic heterocycles. The molecule has 0 unspecified atom stereocenters. The molecule has 4 saturated carbocycles. The van der Waals surface area contributed by atoms with Crippen molar-refractivity contribution in [2.75, 3.05) is 13.1 Å². The zero-order valence-corrected chi connectivity index (χ0v) is 17.4. The van der Waals surface area contributed by atoms with E-state index in [2.05, 4.69) is 10.6 Å². The first-order valence-electron chi connectivity index (χ1n) is 10.2. The molecule has 0 atom stereocenters. The Hall–Kier alpha value is -1.59. The molecule has 6 rings (SSSR count). The van der Waals surface area contributed by atoms with Gasteiger partial charge in [-0.15, -0.1) is 11.3 Å². The van der Waals surface area contributed by atoms with Crippen molar-refractivity contribution >= 4 is 44.8 Å². The van der Waals surface area contributed by atoms with Gasteiger partial charge in [0.25, 0.3) is 5.91 Å². The minimum atomic E-state index is -0.281. The van der Waals surface area contributed by atoms with Crippen LogP contribution in [0.2, 0.25) is 5.02 Å². The van der Waals surface area contributed by atoms with E-state index >= 15 is 0 Å². The van der Waals surface area contributed by atoms with Crippen LogP contribution in [-0.2, 0) is 4.79 Å². The van der Waals surface area contributed by atoms with E-state index in [4.69, 9.17) is 11.6 Å². The molecule has 4 bridgehead atoms. The van der Waals surface area contributed by atoms with E-state index in [1.807, 2.05) is 24.3 Å². The maximum atomic E-state index is 12.5. The van der Waals surface area contributed by atoms with Crippen molar-refractivity contribution in [1.29, 1.82) is 0 Å². The number of halogens is 1. The lowest BCUT2D eigenvalue weighted by molar-refractivity contribution is -0.122. The third-order valence-corrected chi connectivity index (χ3v) is 8.65. The van der Waals surface area contributed by atoms with Crippen LogP contribution in [0.15, 0.2) is 24.3 Å². The summed E-state index contributed by atoms with van der Waals surface area (Å²) in [5, 5.41) is 7.18. The number of nitrogens with one attached hydrogen (secondary N) is 2. The summed E-state index contributed by atoms with van der Waals surface area (Å²) in [4.78, 5) is 25.3. The Morgan fingerprint density at radius 2 is 1.68 bits per heavy atom. The van der Waals surface area contributed by atoms with Gasteiger partial charge >= 0.3 is 0 Å². The van der Waals surface area contributed by atoms with Crippen LogP contribution in [0.5, 0.6) is 0 Å². The van der Waals surface area contributed by atoms with Gasteiger partial charge < -0.3 is 10.6 Å². The van der Waals surface area contributed by atoms with Crippen molar-refractivity contribution in [1.82, 2.24) is 10.6 Å². The number of carbonyl (C=O) groups is 2. The quantitative estimate of drug-likeness (QED) is 0.747. The maximum Gasteiger partial charge on any atom is 0.263 e. The van der Waals surface area contributed by atoms with Crippen LogP contribution in [-0.4, -0.2) is 24.9 Å². The van der Waals surface area contributed by atoms with Crippen LogP contribution in [0.4, 0.5) is 0 Å². The molecule has 28 heavy (non-hydrogen) atoms. The summed E-state index contributed by atoms with van der Waals surface area (Å²) in [6.45, 7) is 0.755. The second kappa shape index (κ2) is 7.03. The number of amides is 2. The van der Waals surface area contributed by atoms with Crippen LogP contribution >= 0.6 is 22.9 Å². The first-order valence-corrected chi connectivity index (χ1v) is 11.4. The molecule has 4 fully saturated rings. The Kier molecular flexibility index (Phi) is 4.63. The van der Waals surface area contributed by atoms with E-state index in [-0.39, 0.29) is 18.4 Å². The van der Waals surface area contributed by atoms with E-state index in [1.54, 1.807) is 0 Å². The highest BCUT2D eigenvalue weighted by Gasteiger charge is 2.50. The summed E-state index contributed by atoms with van der Waals surface area (Å²) in [6.07, 6.45) is 8.01. The average molecular weight is 417 g/mol. The summed E-state index contributed by atoms with van der Waals surface area (Å²) >= 11 is 7.71. The largest absolute Gasteiger partial charge is 0.354 e. The van der Waals surface area contributed by atoms with Gasteiger partial charge in [-0.2, -0.15) is 0 Å². The Labute approximate surface area is 174 Å². The van der Waals surface area contributed by atoms with Crippen molar-refractivity contribution in [3.8, 4) is 0 Å². The number of benzene rings is 1. The lowest BCUT2D eigenvalue weighted by atomic mass is 9.49. The summed E-state index contributed by atoms with van der Waals surface area (Å²) in [5.74, 6) is 2.23. The smallest absolute Gasteiger partial charge is 0.263 e. The minimum absolute atomic E-state index is 0.00419. The Bertz CT molecular complexity index is 902.